The maximum absolute atomic E-state index is 13.0. The molecular weight excluding hydrogens is 376 g/mol. The van der Waals surface area contributed by atoms with Gasteiger partial charge in [-0.25, -0.2) is 8.42 Å². The van der Waals surface area contributed by atoms with Gasteiger partial charge in [-0.3, -0.25) is 4.79 Å². The standard InChI is InChI=1S/C21H28N2O4S/c1-5-23(6-2)21(24)19(15-17-10-8-7-9-11-17)22-28(25,26)18-12-13-20(27-4)16(3)14-18/h7-14,19,22H,5-6,15H2,1-4H3/t19-/m0/s1. The number of carbonyl (C=O) groups excluding carboxylic acids is 1. The van der Waals surface area contributed by atoms with E-state index in [1.165, 1.54) is 13.2 Å². The topological polar surface area (TPSA) is 75.7 Å². The maximum Gasteiger partial charge on any atom is 0.241 e. The summed E-state index contributed by atoms with van der Waals surface area (Å²) >= 11 is 0. The van der Waals surface area contributed by atoms with Crippen LogP contribution in [0.2, 0.25) is 0 Å². The Hall–Kier alpha value is -2.38. The third kappa shape index (κ3) is 5.33. The van der Waals surface area contributed by atoms with E-state index in [9.17, 15) is 13.2 Å². The highest BCUT2D eigenvalue weighted by atomic mass is 32.2. The number of nitrogens with zero attached hydrogens (tertiary/aromatic N) is 1. The van der Waals surface area contributed by atoms with Gasteiger partial charge in [-0.15, -0.1) is 0 Å². The van der Waals surface area contributed by atoms with Gasteiger partial charge in [0.1, 0.15) is 11.8 Å². The Morgan fingerprint density at radius 1 is 1.11 bits per heavy atom. The zero-order valence-electron chi connectivity index (χ0n) is 16.8. The predicted octanol–water partition coefficient (Wildman–Crippen LogP) is 2.76. The first-order valence-electron chi connectivity index (χ1n) is 9.32. The van der Waals surface area contributed by atoms with Gasteiger partial charge in [0.2, 0.25) is 15.9 Å². The van der Waals surface area contributed by atoms with Crippen molar-refractivity contribution < 1.29 is 17.9 Å². The van der Waals surface area contributed by atoms with Crippen LogP contribution in [0, 0.1) is 6.92 Å². The number of likely N-dealkylation sites (N-methyl/N-ethyl adjacent to an activating group) is 1. The van der Waals surface area contributed by atoms with Crippen molar-refractivity contribution in [3.8, 4) is 5.75 Å². The molecule has 0 saturated heterocycles. The van der Waals surface area contributed by atoms with Crippen molar-refractivity contribution in [2.45, 2.75) is 38.1 Å². The summed E-state index contributed by atoms with van der Waals surface area (Å²) in [4.78, 5) is 14.7. The average molecular weight is 405 g/mol. The van der Waals surface area contributed by atoms with E-state index in [0.29, 0.717) is 24.4 Å². The van der Waals surface area contributed by atoms with E-state index in [1.807, 2.05) is 44.2 Å². The number of hydrogen-bond acceptors (Lipinski definition) is 4. The van der Waals surface area contributed by atoms with Gasteiger partial charge in [0.05, 0.1) is 12.0 Å². The summed E-state index contributed by atoms with van der Waals surface area (Å²) in [7, 11) is -2.34. The first-order valence-corrected chi connectivity index (χ1v) is 10.8. The van der Waals surface area contributed by atoms with Crippen molar-refractivity contribution in [2.75, 3.05) is 20.2 Å². The lowest BCUT2D eigenvalue weighted by molar-refractivity contribution is -0.132. The Morgan fingerprint density at radius 2 is 1.75 bits per heavy atom. The van der Waals surface area contributed by atoms with Crippen LogP contribution in [0.5, 0.6) is 5.75 Å². The molecule has 0 aliphatic rings. The van der Waals surface area contributed by atoms with Crippen molar-refractivity contribution in [1.29, 1.82) is 0 Å². The summed E-state index contributed by atoms with van der Waals surface area (Å²) in [5.74, 6) is 0.377. The fourth-order valence-electron chi connectivity index (χ4n) is 3.06. The lowest BCUT2D eigenvalue weighted by Gasteiger charge is -2.26. The molecule has 0 radical (unpaired) electrons. The van der Waals surface area contributed by atoms with E-state index >= 15 is 0 Å². The van der Waals surface area contributed by atoms with Crippen LogP contribution in [-0.2, 0) is 21.2 Å². The number of ether oxygens (including phenoxy) is 1. The van der Waals surface area contributed by atoms with Gasteiger partial charge in [0.25, 0.3) is 0 Å². The van der Waals surface area contributed by atoms with Gasteiger partial charge in [-0.1, -0.05) is 30.3 Å². The normalized spacial score (nSPS) is 12.4. The summed E-state index contributed by atoms with van der Waals surface area (Å²) in [5.41, 5.74) is 1.60. The molecule has 2 aromatic rings. The molecule has 7 heteroatoms. The smallest absolute Gasteiger partial charge is 0.241 e. The number of sulfonamides is 1. The molecule has 28 heavy (non-hydrogen) atoms. The zero-order chi connectivity index (χ0) is 20.7. The Morgan fingerprint density at radius 3 is 2.29 bits per heavy atom. The average Bonchev–Trinajstić information content (AvgIpc) is 2.69. The molecule has 0 fully saturated rings. The molecule has 2 aromatic carbocycles. The van der Waals surface area contributed by atoms with Crippen LogP contribution in [0.15, 0.2) is 53.4 Å². The number of carbonyl (C=O) groups is 1. The second-order valence-corrected chi connectivity index (χ2v) is 8.22. The van der Waals surface area contributed by atoms with E-state index in [4.69, 9.17) is 4.74 Å². The van der Waals surface area contributed by atoms with Crippen LogP contribution in [0.3, 0.4) is 0 Å². The first kappa shape index (κ1) is 21.9. The van der Waals surface area contributed by atoms with Gasteiger partial charge in [0.15, 0.2) is 0 Å². The Bertz CT molecular complexity index is 894. The molecule has 2 rings (SSSR count). The van der Waals surface area contributed by atoms with Gasteiger partial charge in [-0.2, -0.15) is 4.72 Å². The highest BCUT2D eigenvalue weighted by molar-refractivity contribution is 7.89. The molecule has 6 nitrogen and oxygen atoms in total. The van der Waals surface area contributed by atoms with Crippen molar-refractivity contribution >= 4 is 15.9 Å². The summed E-state index contributed by atoms with van der Waals surface area (Å²) in [5, 5.41) is 0. The van der Waals surface area contributed by atoms with E-state index in [2.05, 4.69) is 4.72 Å². The lowest BCUT2D eigenvalue weighted by Crippen LogP contribution is -2.49. The van der Waals surface area contributed by atoms with Crippen molar-refractivity contribution in [3.63, 3.8) is 0 Å². The third-order valence-electron chi connectivity index (χ3n) is 4.63. The molecule has 152 valence electrons. The molecule has 1 atom stereocenters. The van der Waals surface area contributed by atoms with Crippen LogP contribution in [0.25, 0.3) is 0 Å². The second-order valence-electron chi connectivity index (χ2n) is 6.51. The van der Waals surface area contributed by atoms with E-state index in [0.717, 1.165) is 5.56 Å². The Balaban J connectivity index is 2.34. The monoisotopic (exact) mass is 404 g/mol. The highest BCUT2D eigenvalue weighted by Crippen LogP contribution is 2.22. The fourth-order valence-corrected chi connectivity index (χ4v) is 4.33. The number of methoxy groups -OCH3 is 1. The molecule has 0 spiro atoms. The van der Waals surface area contributed by atoms with Crippen LogP contribution in [0.4, 0.5) is 0 Å². The molecule has 0 aromatic heterocycles. The lowest BCUT2D eigenvalue weighted by atomic mass is 10.1. The summed E-state index contributed by atoms with van der Waals surface area (Å²) < 4.78 is 33.7. The Labute approximate surface area is 167 Å². The second kappa shape index (κ2) is 9.71. The van der Waals surface area contributed by atoms with E-state index in [-0.39, 0.29) is 17.2 Å². The number of hydrogen-bond donors (Lipinski definition) is 1. The van der Waals surface area contributed by atoms with Crippen LogP contribution in [0.1, 0.15) is 25.0 Å². The predicted molar refractivity (Wildman–Crippen MR) is 110 cm³/mol. The molecule has 0 saturated carbocycles. The minimum atomic E-state index is -3.88. The molecule has 0 heterocycles. The minimum absolute atomic E-state index is 0.108. The molecule has 1 amide bonds. The number of aryl methyl sites for hydroxylation is 1. The SMILES string of the molecule is CCN(CC)C(=O)[C@H](Cc1ccccc1)NS(=O)(=O)c1ccc(OC)c(C)c1. The summed E-state index contributed by atoms with van der Waals surface area (Å²) in [6.45, 7) is 6.57. The highest BCUT2D eigenvalue weighted by Gasteiger charge is 2.28. The van der Waals surface area contributed by atoms with E-state index < -0.39 is 16.1 Å². The van der Waals surface area contributed by atoms with Crippen LogP contribution >= 0.6 is 0 Å². The van der Waals surface area contributed by atoms with Gasteiger partial charge in [-0.05, 0) is 56.5 Å². The zero-order valence-corrected chi connectivity index (χ0v) is 17.6. The van der Waals surface area contributed by atoms with Gasteiger partial charge < -0.3 is 9.64 Å². The molecule has 0 unspecified atom stereocenters. The molecule has 0 aliphatic heterocycles. The molecule has 0 bridgehead atoms. The van der Waals surface area contributed by atoms with Crippen molar-refractivity contribution in [3.05, 3.63) is 59.7 Å². The fraction of sp³-hybridized carbons (Fsp3) is 0.381. The first-order chi connectivity index (χ1) is 13.3. The van der Waals surface area contributed by atoms with E-state index in [1.54, 1.807) is 24.0 Å². The maximum atomic E-state index is 13.0. The van der Waals surface area contributed by atoms with Crippen molar-refractivity contribution in [1.82, 2.24) is 9.62 Å². The largest absolute Gasteiger partial charge is 0.496 e. The molecule has 1 N–H and O–H groups in total. The molecule has 0 aliphatic carbocycles. The third-order valence-corrected chi connectivity index (χ3v) is 6.10. The summed E-state index contributed by atoms with van der Waals surface area (Å²) in [6.07, 6.45) is 0.282. The number of rotatable bonds is 9. The molecular formula is C21H28N2O4S. The summed E-state index contributed by atoms with van der Waals surface area (Å²) in [6, 6.07) is 13.2. The quantitative estimate of drug-likeness (QED) is 0.697. The van der Waals surface area contributed by atoms with Crippen molar-refractivity contribution in [2.24, 2.45) is 0 Å². The number of amides is 1. The van der Waals surface area contributed by atoms with Gasteiger partial charge in [0, 0.05) is 13.1 Å². The van der Waals surface area contributed by atoms with Crippen LogP contribution in [-0.4, -0.2) is 45.5 Å². The minimum Gasteiger partial charge on any atom is -0.496 e. The Kier molecular flexibility index (Phi) is 7.60. The van der Waals surface area contributed by atoms with Gasteiger partial charge >= 0.3 is 0 Å². The number of nitrogens with one attached hydrogen (secondary N) is 1. The number of benzene rings is 2. The van der Waals surface area contributed by atoms with Crippen LogP contribution < -0.4 is 9.46 Å².